The van der Waals surface area contributed by atoms with Gasteiger partial charge in [-0.15, -0.1) is 0 Å². The summed E-state index contributed by atoms with van der Waals surface area (Å²) in [6, 6.07) is 12.3. The molecule has 102 valence electrons. The Hall–Kier alpha value is -2.69. The molecule has 1 aromatic heterocycles. The molecule has 1 N–H and O–H groups in total. The van der Waals surface area contributed by atoms with Crippen LogP contribution < -0.4 is 10.2 Å². The summed E-state index contributed by atoms with van der Waals surface area (Å²) in [7, 11) is 1.65. The number of pyridine rings is 1. The van der Waals surface area contributed by atoms with Gasteiger partial charge in [0.1, 0.15) is 0 Å². The maximum Gasteiger partial charge on any atom is 0.251 e. The van der Waals surface area contributed by atoms with E-state index in [1.54, 1.807) is 55.8 Å². The van der Waals surface area contributed by atoms with Crippen LogP contribution in [-0.2, 0) is 4.79 Å². The highest BCUT2D eigenvalue weighted by molar-refractivity contribution is 6.00. The van der Waals surface area contributed by atoms with Crippen molar-refractivity contribution < 1.29 is 9.59 Å². The molecule has 2 aromatic rings. The highest BCUT2D eigenvalue weighted by atomic mass is 16.2. The van der Waals surface area contributed by atoms with Crippen molar-refractivity contribution in [3.63, 3.8) is 0 Å². The molecule has 0 saturated carbocycles. The topological polar surface area (TPSA) is 62.3 Å². The van der Waals surface area contributed by atoms with Gasteiger partial charge < -0.3 is 10.2 Å². The fraction of sp³-hybridized carbons (Fsp3) is 0.133. The average Bonchev–Trinajstić information content (AvgIpc) is 2.53. The summed E-state index contributed by atoms with van der Waals surface area (Å²) in [6.45, 7) is -0.0564. The van der Waals surface area contributed by atoms with E-state index < -0.39 is 0 Å². The summed E-state index contributed by atoms with van der Waals surface area (Å²) >= 11 is 0. The van der Waals surface area contributed by atoms with Gasteiger partial charge >= 0.3 is 0 Å². The third-order valence-electron chi connectivity index (χ3n) is 2.84. The van der Waals surface area contributed by atoms with E-state index in [1.165, 1.54) is 4.90 Å². The van der Waals surface area contributed by atoms with E-state index in [9.17, 15) is 9.59 Å². The Bertz CT molecular complexity index is 585. The zero-order chi connectivity index (χ0) is 14.4. The first-order chi connectivity index (χ1) is 9.68. The number of amides is 2. The van der Waals surface area contributed by atoms with Gasteiger partial charge in [-0.1, -0.05) is 18.2 Å². The van der Waals surface area contributed by atoms with E-state index in [4.69, 9.17) is 0 Å². The zero-order valence-corrected chi connectivity index (χ0v) is 11.1. The number of likely N-dealkylation sites (N-methyl/N-ethyl adjacent to an activating group) is 1. The van der Waals surface area contributed by atoms with Crippen molar-refractivity contribution in [1.82, 2.24) is 10.3 Å². The number of hydrogen-bond donors (Lipinski definition) is 1. The van der Waals surface area contributed by atoms with Gasteiger partial charge in [-0.2, -0.15) is 0 Å². The molecule has 20 heavy (non-hydrogen) atoms. The molecule has 0 aliphatic heterocycles. The number of benzene rings is 1. The second-order valence-corrected chi connectivity index (χ2v) is 4.21. The molecule has 2 rings (SSSR count). The maximum atomic E-state index is 12.0. The number of aromatic nitrogens is 1. The number of carbonyl (C=O) groups excluding carboxylic acids is 2. The molecular formula is C15H15N3O2. The van der Waals surface area contributed by atoms with Crippen LogP contribution in [0.5, 0.6) is 0 Å². The summed E-state index contributed by atoms with van der Waals surface area (Å²) in [5, 5.41) is 2.60. The lowest BCUT2D eigenvalue weighted by atomic mass is 10.2. The molecule has 0 spiro atoms. The highest BCUT2D eigenvalue weighted by Gasteiger charge is 2.12. The van der Waals surface area contributed by atoms with Crippen molar-refractivity contribution in [2.75, 3.05) is 18.5 Å². The molecule has 0 fully saturated rings. The zero-order valence-electron chi connectivity index (χ0n) is 11.1. The van der Waals surface area contributed by atoms with Gasteiger partial charge in [0.25, 0.3) is 5.91 Å². The SMILES string of the molecule is CN(C(=O)CNC(=O)c1ccccc1)c1cccnc1. The van der Waals surface area contributed by atoms with Crippen molar-refractivity contribution in [3.8, 4) is 0 Å². The third kappa shape index (κ3) is 3.41. The van der Waals surface area contributed by atoms with Crippen LogP contribution in [-0.4, -0.2) is 30.4 Å². The molecule has 1 heterocycles. The average molecular weight is 269 g/mol. The van der Waals surface area contributed by atoms with E-state index in [0.717, 1.165) is 0 Å². The van der Waals surface area contributed by atoms with Crippen LogP contribution in [0, 0.1) is 0 Å². The minimum Gasteiger partial charge on any atom is -0.343 e. The third-order valence-corrected chi connectivity index (χ3v) is 2.84. The van der Waals surface area contributed by atoms with Gasteiger partial charge in [0, 0.05) is 18.8 Å². The molecule has 0 atom stereocenters. The van der Waals surface area contributed by atoms with Gasteiger partial charge in [0.15, 0.2) is 0 Å². The molecule has 5 nitrogen and oxygen atoms in total. The summed E-state index contributed by atoms with van der Waals surface area (Å²) in [6.07, 6.45) is 3.23. The normalized spacial score (nSPS) is 9.85. The molecular weight excluding hydrogens is 254 g/mol. The van der Waals surface area contributed by atoms with Crippen molar-refractivity contribution in [1.29, 1.82) is 0 Å². The summed E-state index contributed by atoms with van der Waals surface area (Å²) < 4.78 is 0. The van der Waals surface area contributed by atoms with Gasteiger partial charge in [-0.25, -0.2) is 0 Å². The van der Waals surface area contributed by atoms with Crippen LogP contribution in [0.4, 0.5) is 5.69 Å². The standard InChI is InChI=1S/C15H15N3O2/c1-18(13-8-5-9-16-10-13)14(19)11-17-15(20)12-6-3-2-4-7-12/h2-10H,11H2,1H3,(H,17,20). The molecule has 0 radical (unpaired) electrons. The van der Waals surface area contributed by atoms with E-state index in [0.29, 0.717) is 11.3 Å². The Morgan fingerprint density at radius 3 is 2.55 bits per heavy atom. The minimum atomic E-state index is -0.265. The van der Waals surface area contributed by atoms with Gasteiger partial charge in [0.05, 0.1) is 18.4 Å². The van der Waals surface area contributed by atoms with E-state index in [-0.39, 0.29) is 18.4 Å². The lowest BCUT2D eigenvalue weighted by Gasteiger charge is -2.17. The Kier molecular flexibility index (Phi) is 4.44. The highest BCUT2D eigenvalue weighted by Crippen LogP contribution is 2.08. The molecule has 0 aliphatic carbocycles. The second-order valence-electron chi connectivity index (χ2n) is 4.21. The van der Waals surface area contributed by atoms with Crippen molar-refractivity contribution in [2.24, 2.45) is 0 Å². The van der Waals surface area contributed by atoms with Crippen LogP contribution in [0.3, 0.4) is 0 Å². The van der Waals surface area contributed by atoms with Gasteiger partial charge in [-0.3, -0.25) is 14.6 Å². The van der Waals surface area contributed by atoms with Gasteiger partial charge in [-0.05, 0) is 24.3 Å². The second kappa shape index (κ2) is 6.47. The fourth-order valence-electron chi connectivity index (χ4n) is 1.66. The minimum absolute atomic E-state index is 0.0564. The van der Waals surface area contributed by atoms with E-state index in [1.807, 2.05) is 6.07 Å². The van der Waals surface area contributed by atoms with Crippen molar-refractivity contribution in [3.05, 3.63) is 60.4 Å². The molecule has 1 aromatic carbocycles. The van der Waals surface area contributed by atoms with Crippen molar-refractivity contribution >= 4 is 17.5 Å². The predicted octanol–water partition coefficient (Wildman–Crippen LogP) is 1.47. The van der Waals surface area contributed by atoms with Gasteiger partial charge in [0.2, 0.25) is 5.91 Å². The smallest absolute Gasteiger partial charge is 0.251 e. The number of hydrogen-bond acceptors (Lipinski definition) is 3. The quantitative estimate of drug-likeness (QED) is 0.914. The molecule has 0 bridgehead atoms. The molecule has 0 aliphatic rings. The first-order valence-electron chi connectivity index (χ1n) is 6.18. The Morgan fingerprint density at radius 2 is 1.90 bits per heavy atom. The first kappa shape index (κ1) is 13.7. The number of nitrogens with zero attached hydrogens (tertiary/aromatic N) is 2. The Labute approximate surface area is 117 Å². The van der Waals surface area contributed by atoms with E-state index >= 15 is 0 Å². The fourth-order valence-corrected chi connectivity index (χ4v) is 1.66. The van der Waals surface area contributed by atoms with Crippen LogP contribution in [0.1, 0.15) is 10.4 Å². The Morgan fingerprint density at radius 1 is 1.15 bits per heavy atom. The number of anilines is 1. The number of rotatable bonds is 4. The maximum absolute atomic E-state index is 12.0. The lowest BCUT2D eigenvalue weighted by Crippen LogP contribution is -2.38. The van der Waals surface area contributed by atoms with Crippen LogP contribution in [0.25, 0.3) is 0 Å². The molecule has 0 unspecified atom stereocenters. The van der Waals surface area contributed by atoms with Crippen LogP contribution in [0.2, 0.25) is 0 Å². The summed E-state index contributed by atoms with van der Waals surface area (Å²) in [4.78, 5) is 29.2. The monoisotopic (exact) mass is 269 g/mol. The van der Waals surface area contributed by atoms with Crippen molar-refractivity contribution in [2.45, 2.75) is 0 Å². The largest absolute Gasteiger partial charge is 0.343 e. The predicted molar refractivity (Wildman–Crippen MR) is 76.4 cm³/mol. The summed E-state index contributed by atoms with van der Waals surface area (Å²) in [5.41, 5.74) is 1.22. The lowest BCUT2D eigenvalue weighted by molar-refractivity contribution is -0.117. The summed E-state index contributed by atoms with van der Waals surface area (Å²) in [5.74, 6) is -0.471. The van der Waals surface area contributed by atoms with E-state index in [2.05, 4.69) is 10.3 Å². The number of nitrogens with one attached hydrogen (secondary N) is 1. The number of carbonyl (C=O) groups is 2. The first-order valence-corrected chi connectivity index (χ1v) is 6.18. The Balaban J connectivity index is 1.91. The molecule has 0 saturated heterocycles. The molecule has 5 heteroatoms. The van der Waals surface area contributed by atoms with Crippen LogP contribution >= 0.6 is 0 Å². The van der Waals surface area contributed by atoms with Crippen LogP contribution in [0.15, 0.2) is 54.9 Å². The molecule has 2 amide bonds.